The summed E-state index contributed by atoms with van der Waals surface area (Å²) in [4.78, 5) is 4.70. The Kier molecular flexibility index (Phi) is 5.70. The minimum absolute atomic E-state index is 0.819. The van der Waals surface area contributed by atoms with Crippen molar-refractivity contribution in [3.63, 3.8) is 0 Å². The predicted octanol–water partition coefficient (Wildman–Crippen LogP) is 6.44. The SMILES string of the molecule is C=Cc1c(N(CC)c2ccc(C)cc2)ccc(N2CCCCC2)c1Cl. The number of hydrogen-bond donors (Lipinski definition) is 0. The topological polar surface area (TPSA) is 6.48 Å². The molecule has 1 saturated heterocycles. The van der Waals surface area contributed by atoms with Crippen molar-refractivity contribution >= 4 is 34.7 Å². The minimum Gasteiger partial charge on any atom is -0.370 e. The highest BCUT2D eigenvalue weighted by Crippen LogP contribution is 2.39. The van der Waals surface area contributed by atoms with E-state index in [1.807, 2.05) is 6.08 Å². The zero-order chi connectivity index (χ0) is 17.8. The molecule has 1 heterocycles. The van der Waals surface area contributed by atoms with Gasteiger partial charge in [0.15, 0.2) is 0 Å². The van der Waals surface area contributed by atoms with Crippen LogP contribution in [0.15, 0.2) is 43.0 Å². The lowest BCUT2D eigenvalue weighted by Gasteiger charge is -2.32. The Morgan fingerprint density at radius 1 is 1.08 bits per heavy atom. The largest absolute Gasteiger partial charge is 0.370 e. The Labute approximate surface area is 156 Å². The number of piperidine rings is 1. The van der Waals surface area contributed by atoms with Crippen molar-refractivity contribution in [2.75, 3.05) is 29.4 Å². The third-order valence-electron chi connectivity index (χ3n) is 4.99. The summed E-state index contributed by atoms with van der Waals surface area (Å²) in [6.45, 7) is 11.4. The monoisotopic (exact) mass is 354 g/mol. The van der Waals surface area contributed by atoms with Gasteiger partial charge in [-0.25, -0.2) is 0 Å². The molecule has 0 radical (unpaired) electrons. The summed E-state index contributed by atoms with van der Waals surface area (Å²) >= 11 is 6.82. The fourth-order valence-corrected chi connectivity index (χ4v) is 3.95. The van der Waals surface area contributed by atoms with Gasteiger partial charge < -0.3 is 9.80 Å². The third-order valence-corrected chi connectivity index (χ3v) is 5.39. The molecule has 1 aliphatic heterocycles. The highest BCUT2D eigenvalue weighted by molar-refractivity contribution is 6.35. The lowest BCUT2D eigenvalue weighted by Crippen LogP contribution is -2.29. The van der Waals surface area contributed by atoms with Gasteiger partial charge in [-0.15, -0.1) is 0 Å². The molecule has 0 aliphatic carbocycles. The van der Waals surface area contributed by atoms with Crippen LogP contribution in [0.5, 0.6) is 0 Å². The highest BCUT2D eigenvalue weighted by Gasteiger charge is 2.19. The number of rotatable bonds is 5. The van der Waals surface area contributed by atoms with E-state index in [-0.39, 0.29) is 0 Å². The first-order valence-corrected chi connectivity index (χ1v) is 9.57. The number of hydrogen-bond acceptors (Lipinski definition) is 2. The number of benzene rings is 2. The number of aryl methyl sites for hydroxylation is 1. The van der Waals surface area contributed by atoms with Crippen LogP contribution in [0, 0.1) is 6.92 Å². The molecule has 2 aromatic carbocycles. The maximum absolute atomic E-state index is 6.82. The van der Waals surface area contributed by atoms with Gasteiger partial charge in [-0.1, -0.05) is 42.0 Å². The highest BCUT2D eigenvalue weighted by atomic mass is 35.5. The Balaban J connectivity index is 2.01. The van der Waals surface area contributed by atoms with E-state index in [4.69, 9.17) is 11.6 Å². The van der Waals surface area contributed by atoms with Crippen LogP contribution in [0.4, 0.5) is 17.1 Å². The molecular formula is C22H27ClN2. The molecule has 25 heavy (non-hydrogen) atoms. The minimum atomic E-state index is 0.819. The zero-order valence-corrected chi connectivity index (χ0v) is 16.0. The second-order valence-corrected chi connectivity index (χ2v) is 7.04. The standard InChI is InChI=1S/C22H27ClN2/c1-4-19-20(25(5-2)18-11-9-17(3)10-12-18)13-14-21(22(19)23)24-15-7-6-8-16-24/h4,9-14H,1,5-8,15-16H2,2-3H3. The number of anilines is 3. The van der Waals surface area contributed by atoms with Crippen LogP contribution >= 0.6 is 11.6 Å². The first-order chi connectivity index (χ1) is 12.2. The lowest BCUT2D eigenvalue weighted by atomic mass is 10.1. The summed E-state index contributed by atoms with van der Waals surface area (Å²) in [5, 5.41) is 0.819. The molecule has 1 fully saturated rings. The Bertz CT molecular complexity index is 730. The normalized spacial score (nSPS) is 14.4. The molecule has 0 bridgehead atoms. The van der Waals surface area contributed by atoms with Crippen molar-refractivity contribution in [1.82, 2.24) is 0 Å². The Morgan fingerprint density at radius 3 is 2.36 bits per heavy atom. The molecule has 0 unspecified atom stereocenters. The van der Waals surface area contributed by atoms with E-state index in [0.717, 1.165) is 41.6 Å². The van der Waals surface area contributed by atoms with E-state index in [2.05, 4.69) is 66.6 Å². The van der Waals surface area contributed by atoms with Gasteiger partial charge in [0.1, 0.15) is 0 Å². The summed E-state index contributed by atoms with van der Waals surface area (Å²) in [6.07, 6.45) is 5.69. The van der Waals surface area contributed by atoms with E-state index in [0.29, 0.717) is 0 Å². The van der Waals surface area contributed by atoms with Crippen LogP contribution in [-0.2, 0) is 0 Å². The summed E-state index contributed by atoms with van der Waals surface area (Å²) < 4.78 is 0. The summed E-state index contributed by atoms with van der Waals surface area (Å²) in [6, 6.07) is 13.0. The van der Waals surface area contributed by atoms with Gasteiger partial charge in [-0.3, -0.25) is 0 Å². The van der Waals surface area contributed by atoms with Gasteiger partial charge in [-0.05, 0) is 57.4 Å². The summed E-state index contributed by atoms with van der Waals surface area (Å²) in [5.41, 5.74) is 5.72. The molecule has 0 atom stereocenters. The molecule has 132 valence electrons. The smallest absolute Gasteiger partial charge is 0.0732 e. The fraction of sp³-hybridized carbons (Fsp3) is 0.364. The summed E-state index contributed by atoms with van der Waals surface area (Å²) in [5.74, 6) is 0. The van der Waals surface area contributed by atoms with E-state index in [1.165, 1.54) is 30.5 Å². The molecule has 0 N–H and O–H groups in total. The predicted molar refractivity (Wildman–Crippen MR) is 111 cm³/mol. The number of nitrogens with zero attached hydrogens (tertiary/aromatic N) is 2. The van der Waals surface area contributed by atoms with Crippen LogP contribution in [0.3, 0.4) is 0 Å². The average Bonchev–Trinajstić information content (AvgIpc) is 2.65. The van der Waals surface area contributed by atoms with E-state index < -0.39 is 0 Å². The van der Waals surface area contributed by atoms with Crippen LogP contribution in [0.25, 0.3) is 6.08 Å². The van der Waals surface area contributed by atoms with Crippen molar-refractivity contribution in [3.8, 4) is 0 Å². The Hall–Kier alpha value is -1.93. The third kappa shape index (κ3) is 3.69. The van der Waals surface area contributed by atoms with Crippen LogP contribution < -0.4 is 9.80 Å². The van der Waals surface area contributed by atoms with E-state index >= 15 is 0 Å². The van der Waals surface area contributed by atoms with Gasteiger partial charge in [0.05, 0.1) is 16.4 Å². The molecule has 0 saturated carbocycles. The van der Waals surface area contributed by atoms with E-state index in [1.54, 1.807) is 0 Å². The summed E-state index contributed by atoms with van der Waals surface area (Å²) in [7, 11) is 0. The molecule has 0 spiro atoms. The zero-order valence-electron chi connectivity index (χ0n) is 15.3. The molecule has 3 rings (SSSR count). The molecule has 2 nitrogen and oxygen atoms in total. The second-order valence-electron chi connectivity index (χ2n) is 6.66. The first-order valence-electron chi connectivity index (χ1n) is 9.19. The van der Waals surface area contributed by atoms with Crippen molar-refractivity contribution in [2.45, 2.75) is 33.1 Å². The van der Waals surface area contributed by atoms with Gasteiger partial charge in [0.25, 0.3) is 0 Å². The van der Waals surface area contributed by atoms with Crippen LogP contribution in [0.1, 0.15) is 37.3 Å². The van der Waals surface area contributed by atoms with Gasteiger partial charge in [0.2, 0.25) is 0 Å². The van der Waals surface area contributed by atoms with Gasteiger partial charge in [0, 0.05) is 30.9 Å². The molecule has 0 amide bonds. The molecule has 3 heteroatoms. The molecule has 0 aromatic heterocycles. The molecule has 2 aromatic rings. The van der Waals surface area contributed by atoms with Gasteiger partial charge >= 0.3 is 0 Å². The van der Waals surface area contributed by atoms with Crippen molar-refractivity contribution in [3.05, 3.63) is 59.1 Å². The average molecular weight is 355 g/mol. The molecule has 1 aliphatic rings. The fourth-order valence-electron chi connectivity index (χ4n) is 3.60. The quantitative estimate of drug-likeness (QED) is 0.609. The first kappa shape index (κ1) is 17.9. The van der Waals surface area contributed by atoms with Crippen molar-refractivity contribution in [1.29, 1.82) is 0 Å². The lowest BCUT2D eigenvalue weighted by molar-refractivity contribution is 0.578. The maximum Gasteiger partial charge on any atom is 0.0732 e. The number of halogens is 1. The van der Waals surface area contributed by atoms with Crippen LogP contribution in [-0.4, -0.2) is 19.6 Å². The van der Waals surface area contributed by atoms with Crippen molar-refractivity contribution in [2.24, 2.45) is 0 Å². The maximum atomic E-state index is 6.82. The van der Waals surface area contributed by atoms with Gasteiger partial charge in [-0.2, -0.15) is 0 Å². The Morgan fingerprint density at radius 2 is 1.76 bits per heavy atom. The van der Waals surface area contributed by atoms with Crippen LogP contribution in [0.2, 0.25) is 5.02 Å². The van der Waals surface area contributed by atoms with E-state index in [9.17, 15) is 0 Å². The van der Waals surface area contributed by atoms with Crippen molar-refractivity contribution < 1.29 is 0 Å². The second kappa shape index (κ2) is 7.97. The molecular weight excluding hydrogens is 328 g/mol.